The van der Waals surface area contributed by atoms with Crippen LogP contribution in [0, 0.1) is 5.82 Å². The second kappa shape index (κ2) is 6.71. The first-order chi connectivity index (χ1) is 11.6. The SMILES string of the molecule is C=CCN1C(=O)CCC12CCC(NC(=O)c1ccncc1F)CC2. The zero-order valence-corrected chi connectivity index (χ0v) is 13.6. The van der Waals surface area contributed by atoms with Gasteiger partial charge in [-0.25, -0.2) is 4.39 Å². The summed E-state index contributed by atoms with van der Waals surface area (Å²) in [4.78, 5) is 29.9. The largest absolute Gasteiger partial charge is 0.349 e. The fourth-order valence-electron chi connectivity index (χ4n) is 3.94. The maximum absolute atomic E-state index is 13.6. The van der Waals surface area contributed by atoms with E-state index in [9.17, 15) is 14.0 Å². The van der Waals surface area contributed by atoms with Crippen molar-refractivity contribution in [1.82, 2.24) is 15.2 Å². The third kappa shape index (κ3) is 3.05. The number of hydrogen-bond acceptors (Lipinski definition) is 3. The summed E-state index contributed by atoms with van der Waals surface area (Å²) >= 11 is 0. The maximum Gasteiger partial charge on any atom is 0.254 e. The first-order valence-corrected chi connectivity index (χ1v) is 8.37. The van der Waals surface area contributed by atoms with Crippen molar-refractivity contribution in [1.29, 1.82) is 0 Å². The highest BCUT2D eigenvalue weighted by Gasteiger charge is 2.46. The number of nitrogens with one attached hydrogen (secondary N) is 1. The summed E-state index contributed by atoms with van der Waals surface area (Å²) in [7, 11) is 0. The van der Waals surface area contributed by atoms with Gasteiger partial charge in [-0.2, -0.15) is 0 Å². The van der Waals surface area contributed by atoms with Crippen molar-refractivity contribution in [2.75, 3.05) is 6.54 Å². The average molecular weight is 331 g/mol. The Hall–Kier alpha value is -2.24. The van der Waals surface area contributed by atoms with E-state index in [1.165, 1.54) is 12.3 Å². The Kier molecular flexibility index (Phi) is 4.64. The van der Waals surface area contributed by atoms with Crippen molar-refractivity contribution in [2.24, 2.45) is 0 Å². The number of rotatable bonds is 4. The Morgan fingerprint density at radius 3 is 2.88 bits per heavy atom. The second-order valence-electron chi connectivity index (χ2n) is 6.62. The van der Waals surface area contributed by atoms with Crippen LogP contribution in [0.15, 0.2) is 31.1 Å². The number of carbonyl (C=O) groups excluding carboxylic acids is 2. The molecular formula is C18H22FN3O2. The van der Waals surface area contributed by atoms with Crippen LogP contribution in [-0.4, -0.2) is 39.8 Å². The van der Waals surface area contributed by atoms with E-state index < -0.39 is 11.7 Å². The van der Waals surface area contributed by atoms with Gasteiger partial charge in [0, 0.05) is 30.7 Å². The molecule has 6 heteroatoms. The van der Waals surface area contributed by atoms with Crippen molar-refractivity contribution in [3.05, 3.63) is 42.5 Å². The van der Waals surface area contributed by atoms with E-state index >= 15 is 0 Å². The lowest BCUT2D eigenvalue weighted by molar-refractivity contribution is -0.131. The molecule has 0 aromatic carbocycles. The molecule has 0 radical (unpaired) electrons. The standard InChI is InChI=1S/C18H22FN3O2/c1-2-11-22-16(23)5-9-18(22)7-3-13(4-8-18)21-17(24)14-6-10-20-12-15(14)19/h2,6,10,12-13H,1,3-5,7-9,11H2,(H,21,24). The van der Waals surface area contributed by atoms with Crippen LogP contribution in [0.2, 0.25) is 0 Å². The number of aromatic nitrogens is 1. The smallest absolute Gasteiger partial charge is 0.254 e. The summed E-state index contributed by atoms with van der Waals surface area (Å²) in [5, 5.41) is 2.91. The lowest BCUT2D eigenvalue weighted by Gasteiger charge is -2.43. The van der Waals surface area contributed by atoms with Crippen molar-refractivity contribution in [3.63, 3.8) is 0 Å². The van der Waals surface area contributed by atoms with Crippen LogP contribution >= 0.6 is 0 Å². The molecule has 1 N–H and O–H groups in total. The maximum atomic E-state index is 13.6. The topological polar surface area (TPSA) is 62.3 Å². The van der Waals surface area contributed by atoms with Gasteiger partial charge in [-0.15, -0.1) is 6.58 Å². The Bertz CT molecular complexity index is 653. The summed E-state index contributed by atoms with van der Waals surface area (Å²) in [5.41, 5.74) is -0.0661. The molecule has 5 nitrogen and oxygen atoms in total. The van der Waals surface area contributed by atoms with Crippen LogP contribution in [0.25, 0.3) is 0 Å². The molecule has 1 saturated carbocycles. The molecule has 3 rings (SSSR count). The molecule has 1 aliphatic heterocycles. The number of amides is 2. The minimum absolute atomic E-state index is 0.0111. The van der Waals surface area contributed by atoms with Crippen LogP contribution in [0.3, 0.4) is 0 Å². The molecule has 0 atom stereocenters. The monoisotopic (exact) mass is 331 g/mol. The predicted molar refractivity (Wildman–Crippen MR) is 87.8 cm³/mol. The molecule has 2 fully saturated rings. The number of hydrogen-bond donors (Lipinski definition) is 1. The number of likely N-dealkylation sites (tertiary alicyclic amines) is 1. The number of carbonyl (C=O) groups is 2. The second-order valence-corrected chi connectivity index (χ2v) is 6.62. The molecule has 1 spiro atoms. The molecular weight excluding hydrogens is 309 g/mol. The van der Waals surface area contributed by atoms with Crippen molar-refractivity contribution in [3.8, 4) is 0 Å². The number of halogens is 1. The van der Waals surface area contributed by atoms with Gasteiger partial charge in [0.15, 0.2) is 5.82 Å². The molecule has 2 aliphatic rings. The third-order valence-corrected chi connectivity index (χ3v) is 5.26. The molecule has 24 heavy (non-hydrogen) atoms. The highest BCUT2D eigenvalue weighted by Crippen LogP contribution is 2.42. The summed E-state index contributed by atoms with van der Waals surface area (Å²) in [6.07, 6.45) is 8.98. The van der Waals surface area contributed by atoms with Gasteiger partial charge in [-0.1, -0.05) is 6.08 Å². The lowest BCUT2D eigenvalue weighted by Crippen LogP contribution is -2.51. The van der Waals surface area contributed by atoms with E-state index in [-0.39, 0.29) is 23.1 Å². The quantitative estimate of drug-likeness (QED) is 0.862. The molecule has 1 aliphatic carbocycles. The van der Waals surface area contributed by atoms with E-state index in [4.69, 9.17) is 0 Å². The molecule has 2 amide bonds. The fourth-order valence-corrected chi connectivity index (χ4v) is 3.94. The van der Waals surface area contributed by atoms with Gasteiger partial charge in [-0.3, -0.25) is 14.6 Å². The van der Waals surface area contributed by atoms with Crippen LogP contribution < -0.4 is 5.32 Å². The minimum atomic E-state index is -0.610. The van der Waals surface area contributed by atoms with Gasteiger partial charge in [-0.05, 0) is 38.2 Å². The Balaban J connectivity index is 1.61. The third-order valence-electron chi connectivity index (χ3n) is 5.26. The molecule has 1 aromatic rings. The molecule has 0 unspecified atom stereocenters. The van der Waals surface area contributed by atoms with Gasteiger partial charge in [0.05, 0.1) is 11.8 Å². The van der Waals surface area contributed by atoms with Gasteiger partial charge in [0.1, 0.15) is 0 Å². The van der Waals surface area contributed by atoms with Crippen molar-refractivity contribution < 1.29 is 14.0 Å². The fraction of sp³-hybridized carbons (Fsp3) is 0.500. The van der Waals surface area contributed by atoms with Crippen LogP contribution in [0.5, 0.6) is 0 Å². The van der Waals surface area contributed by atoms with E-state index in [1.54, 1.807) is 6.08 Å². The predicted octanol–water partition coefficient (Wildman–Crippen LogP) is 2.44. The lowest BCUT2D eigenvalue weighted by atomic mass is 9.77. The van der Waals surface area contributed by atoms with Gasteiger partial charge in [0.2, 0.25) is 5.91 Å². The van der Waals surface area contributed by atoms with E-state index in [0.29, 0.717) is 13.0 Å². The zero-order chi connectivity index (χ0) is 17.2. The molecule has 2 heterocycles. The van der Waals surface area contributed by atoms with Crippen LogP contribution in [0.1, 0.15) is 48.9 Å². The Labute approximate surface area is 140 Å². The molecule has 0 bridgehead atoms. The summed E-state index contributed by atoms with van der Waals surface area (Å²) in [6, 6.07) is 1.40. The number of pyridine rings is 1. The summed E-state index contributed by atoms with van der Waals surface area (Å²) in [5.74, 6) is -0.821. The van der Waals surface area contributed by atoms with Crippen molar-refractivity contribution in [2.45, 2.75) is 50.1 Å². The van der Waals surface area contributed by atoms with Gasteiger partial charge >= 0.3 is 0 Å². The minimum Gasteiger partial charge on any atom is -0.349 e. The first kappa shape index (κ1) is 16.6. The summed E-state index contributed by atoms with van der Waals surface area (Å²) in [6.45, 7) is 4.32. The van der Waals surface area contributed by atoms with Crippen LogP contribution in [-0.2, 0) is 4.79 Å². The average Bonchev–Trinajstić information content (AvgIpc) is 2.87. The number of nitrogens with zero attached hydrogens (tertiary/aromatic N) is 2. The molecule has 128 valence electrons. The van der Waals surface area contributed by atoms with Gasteiger partial charge < -0.3 is 10.2 Å². The normalized spacial score (nSPS) is 26.6. The Morgan fingerprint density at radius 2 is 2.21 bits per heavy atom. The molecule has 1 aromatic heterocycles. The Morgan fingerprint density at radius 1 is 1.46 bits per heavy atom. The zero-order valence-electron chi connectivity index (χ0n) is 13.6. The van der Waals surface area contributed by atoms with Gasteiger partial charge in [0.25, 0.3) is 5.91 Å². The summed E-state index contributed by atoms with van der Waals surface area (Å²) < 4.78 is 13.6. The molecule has 1 saturated heterocycles. The highest BCUT2D eigenvalue weighted by molar-refractivity contribution is 5.94. The van der Waals surface area contributed by atoms with E-state index in [2.05, 4.69) is 16.9 Å². The van der Waals surface area contributed by atoms with E-state index in [1.807, 2.05) is 4.90 Å². The van der Waals surface area contributed by atoms with Crippen molar-refractivity contribution >= 4 is 11.8 Å². The first-order valence-electron chi connectivity index (χ1n) is 8.37. The van der Waals surface area contributed by atoms with E-state index in [0.717, 1.165) is 38.3 Å². The van der Waals surface area contributed by atoms with Crippen LogP contribution in [0.4, 0.5) is 4.39 Å². The highest BCUT2D eigenvalue weighted by atomic mass is 19.1.